The molecule has 0 aliphatic heterocycles. The molecule has 0 saturated heterocycles. The summed E-state index contributed by atoms with van der Waals surface area (Å²) in [5.41, 5.74) is -0.185. The van der Waals surface area contributed by atoms with Crippen LogP contribution in [0.15, 0.2) is 59.5 Å². The minimum absolute atomic E-state index is 0.00350. The third-order valence-electron chi connectivity index (χ3n) is 3.55. The first-order valence-electron chi connectivity index (χ1n) is 7.54. The molecular weight excluding hydrogens is 348 g/mol. The molecule has 3 aromatic carbocycles. The normalized spacial score (nSPS) is 11.5. The van der Waals surface area contributed by atoms with Crippen molar-refractivity contribution in [3.63, 3.8) is 0 Å². The van der Waals surface area contributed by atoms with Gasteiger partial charge >= 0.3 is 0 Å². The first-order valence-corrected chi connectivity index (χ1v) is 9.02. The number of sulfonamides is 1. The maximum atomic E-state index is 13.3. The van der Waals surface area contributed by atoms with E-state index >= 15 is 0 Å². The Hall–Kier alpha value is -2.67. The highest BCUT2D eigenvalue weighted by molar-refractivity contribution is 7.93. The number of anilines is 1. The summed E-state index contributed by atoms with van der Waals surface area (Å²) in [6.07, 6.45) is 0. The zero-order valence-corrected chi connectivity index (χ0v) is 14.1. The molecule has 0 aromatic heterocycles. The van der Waals surface area contributed by atoms with Crippen LogP contribution in [0, 0.1) is 11.6 Å². The van der Waals surface area contributed by atoms with Gasteiger partial charge in [0, 0.05) is 16.8 Å². The Balaban J connectivity index is 2.10. The van der Waals surface area contributed by atoms with Gasteiger partial charge in [0.15, 0.2) is 0 Å². The van der Waals surface area contributed by atoms with Gasteiger partial charge in [0.2, 0.25) is 0 Å². The smallest absolute Gasteiger partial charge is 0.262 e. The second-order valence-corrected chi connectivity index (χ2v) is 6.95. The molecule has 0 aliphatic carbocycles. The molecule has 0 aliphatic rings. The predicted molar refractivity (Wildman–Crippen MR) is 92.3 cm³/mol. The van der Waals surface area contributed by atoms with Crippen molar-refractivity contribution in [2.24, 2.45) is 0 Å². The summed E-state index contributed by atoms with van der Waals surface area (Å²) < 4.78 is 59.8. The Labute approximate surface area is 144 Å². The molecule has 0 heterocycles. The van der Waals surface area contributed by atoms with Crippen LogP contribution in [0.1, 0.15) is 6.92 Å². The quantitative estimate of drug-likeness (QED) is 0.735. The van der Waals surface area contributed by atoms with Gasteiger partial charge in [-0.2, -0.15) is 0 Å². The summed E-state index contributed by atoms with van der Waals surface area (Å²) in [6, 6.07) is 12.4. The number of benzene rings is 3. The molecule has 0 fully saturated rings. The molecule has 7 heteroatoms. The molecule has 130 valence electrons. The van der Waals surface area contributed by atoms with E-state index in [1.807, 2.05) is 6.92 Å². The van der Waals surface area contributed by atoms with Gasteiger partial charge < -0.3 is 4.74 Å². The molecule has 0 unspecified atom stereocenters. The minimum Gasteiger partial charge on any atom is -0.493 e. The molecule has 0 spiro atoms. The summed E-state index contributed by atoms with van der Waals surface area (Å²) >= 11 is 0. The number of fused-ring (bicyclic) bond motifs is 1. The number of nitrogens with one attached hydrogen (secondary N) is 1. The summed E-state index contributed by atoms with van der Waals surface area (Å²) in [5, 5.41) is 1.09. The van der Waals surface area contributed by atoms with E-state index in [4.69, 9.17) is 4.74 Å². The van der Waals surface area contributed by atoms with Crippen molar-refractivity contribution >= 4 is 26.5 Å². The highest BCUT2D eigenvalue weighted by atomic mass is 32.2. The fourth-order valence-corrected chi connectivity index (χ4v) is 3.84. The van der Waals surface area contributed by atoms with Crippen molar-refractivity contribution in [3.8, 4) is 5.75 Å². The zero-order valence-electron chi connectivity index (χ0n) is 13.3. The molecule has 0 amide bonds. The molecule has 25 heavy (non-hydrogen) atoms. The summed E-state index contributed by atoms with van der Waals surface area (Å²) in [7, 11) is -4.04. The molecule has 3 aromatic rings. The lowest BCUT2D eigenvalue weighted by molar-refractivity contribution is 0.344. The maximum absolute atomic E-state index is 13.3. The van der Waals surface area contributed by atoms with Crippen LogP contribution in [0.25, 0.3) is 10.8 Å². The molecule has 4 nitrogen and oxygen atoms in total. The van der Waals surface area contributed by atoms with Crippen LogP contribution in [-0.4, -0.2) is 15.0 Å². The monoisotopic (exact) mass is 363 g/mol. The average molecular weight is 363 g/mol. The highest BCUT2D eigenvalue weighted by Crippen LogP contribution is 2.32. The SMILES string of the molecule is CCOc1ccc(S(=O)(=O)Nc2cc(F)cc(F)c2)c2ccccc12. The largest absolute Gasteiger partial charge is 0.493 e. The molecule has 0 saturated carbocycles. The lowest BCUT2D eigenvalue weighted by atomic mass is 10.1. The highest BCUT2D eigenvalue weighted by Gasteiger charge is 2.19. The van der Waals surface area contributed by atoms with Gasteiger partial charge in [-0.1, -0.05) is 24.3 Å². The van der Waals surface area contributed by atoms with Crippen LogP contribution in [0.2, 0.25) is 0 Å². The van der Waals surface area contributed by atoms with Gasteiger partial charge in [0.25, 0.3) is 10.0 Å². The van der Waals surface area contributed by atoms with Gasteiger partial charge in [-0.05, 0) is 31.2 Å². The summed E-state index contributed by atoms with van der Waals surface area (Å²) in [4.78, 5) is -0.00350. The third kappa shape index (κ3) is 3.56. The van der Waals surface area contributed by atoms with Gasteiger partial charge in [-0.15, -0.1) is 0 Å². The van der Waals surface area contributed by atoms with Gasteiger partial charge in [0.1, 0.15) is 17.4 Å². The lowest BCUT2D eigenvalue weighted by Crippen LogP contribution is -2.14. The molecular formula is C18H15F2NO3S. The first-order chi connectivity index (χ1) is 11.9. The van der Waals surface area contributed by atoms with Gasteiger partial charge in [-0.3, -0.25) is 4.72 Å². The molecule has 0 atom stereocenters. The standard InChI is InChI=1S/C18H15F2NO3S/c1-2-24-17-7-8-18(16-6-4-3-5-15(16)17)25(22,23)21-14-10-12(19)9-13(20)11-14/h3-11,21H,2H2,1H3. The van der Waals surface area contributed by atoms with Gasteiger partial charge in [-0.25, -0.2) is 17.2 Å². The number of hydrogen-bond acceptors (Lipinski definition) is 3. The van der Waals surface area contributed by atoms with E-state index in [1.165, 1.54) is 6.07 Å². The predicted octanol–water partition coefficient (Wildman–Crippen LogP) is 4.32. The molecule has 0 radical (unpaired) electrons. The van der Waals surface area contributed by atoms with Crippen LogP contribution in [0.3, 0.4) is 0 Å². The summed E-state index contributed by atoms with van der Waals surface area (Å²) in [6.45, 7) is 2.27. The zero-order chi connectivity index (χ0) is 18.0. The first kappa shape index (κ1) is 17.2. The third-order valence-corrected chi connectivity index (χ3v) is 4.99. The van der Waals surface area contributed by atoms with Crippen molar-refractivity contribution in [1.29, 1.82) is 0 Å². The number of halogens is 2. The van der Waals surface area contributed by atoms with Crippen LogP contribution in [-0.2, 0) is 10.0 Å². The van der Waals surface area contributed by atoms with Crippen molar-refractivity contribution in [2.75, 3.05) is 11.3 Å². The fourth-order valence-electron chi connectivity index (χ4n) is 2.58. The topological polar surface area (TPSA) is 55.4 Å². The minimum atomic E-state index is -4.04. The number of rotatable bonds is 5. The van der Waals surface area contributed by atoms with E-state index in [0.29, 0.717) is 29.2 Å². The van der Waals surface area contributed by atoms with E-state index < -0.39 is 21.7 Å². The van der Waals surface area contributed by atoms with Crippen LogP contribution >= 0.6 is 0 Å². The second kappa shape index (κ2) is 6.68. The van der Waals surface area contributed by atoms with E-state index in [-0.39, 0.29) is 10.6 Å². The lowest BCUT2D eigenvalue weighted by Gasteiger charge is -2.13. The van der Waals surface area contributed by atoms with Crippen molar-refractivity contribution in [1.82, 2.24) is 0 Å². The van der Waals surface area contributed by atoms with Crippen molar-refractivity contribution < 1.29 is 21.9 Å². The van der Waals surface area contributed by atoms with Crippen molar-refractivity contribution in [2.45, 2.75) is 11.8 Å². The Morgan fingerprint density at radius 2 is 1.60 bits per heavy atom. The van der Waals surface area contributed by atoms with E-state index in [1.54, 1.807) is 30.3 Å². The maximum Gasteiger partial charge on any atom is 0.262 e. The Bertz CT molecular complexity index is 1020. The fraction of sp³-hybridized carbons (Fsp3) is 0.111. The molecule has 3 rings (SSSR count). The summed E-state index contributed by atoms with van der Waals surface area (Å²) in [5.74, 6) is -1.17. The number of ether oxygens (including phenoxy) is 1. The van der Waals surface area contributed by atoms with Crippen LogP contribution in [0.5, 0.6) is 5.75 Å². The van der Waals surface area contributed by atoms with Gasteiger partial charge in [0.05, 0.1) is 17.2 Å². The van der Waals surface area contributed by atoms with E-state index in [2.05, 4.69) is 4.72 Å². The van der Waals surface area contributed by atoms with Crippen LogP contribution in [0.4, 0.5) is 14.5 Å². The second-order valence-electron chi connectivity index (χ2n) is 5.30. The molecule has 0 bridgehead atoms. The van der Waals surface area contributed by atoms with E-state index in [9.17, 15) is 17.2 Å². The average Bonchev–Trinajstić information content (AvgIpc) is 2.53. The Morgan fingerprint density at radius 1 is 0.960 bits per heavy atom. The Kier molecular flexibility index (Phi) is 4.59. The number of hydrogen-bond donors (Lipinski definition) is 1. The Morgan fingerprint density at radius 3 is 2.24 bits per heavy atom. The van der Waals surface area contributed by atoms with E-state index in [0.717, 1.165) is 12.1 Å². The van der Waals surface area contributed by atoms with Crippen molar-refractivity contribution in [3.05, 3.63) is 66.2 Å². The van der Waals surface area contributed by atoms with Crippen LogP contribution < -0.4 is 9.46 Å². The molecule has 1 N–H and O–H groups in total.